The van der Waals surface area contributed by atoms with E-state index < -0.39 is 24.6 Å². The summed E-state index contributed by atoms with van der Waals surface area (Å²) in [5, 5.41) is 16.2. The average molecular weight is 458 g/mol. The van der Waals surface area contributed by atoms with E-state index in [0.717, 1.165) is 53.1 Å². The molecule has 3 aliphatic rings. The predicted molar refractivity (Wildman–Crippen MR) is 117 cm³/mol. The molecule has 1 unspecified atom stereocenters. The van der Waals surface area contributed by atoms with E-state index in [1.54, 1.807) is 4.57 Å². The number of halogens is 2. The van der Waals surface area contributed by atoms with E-state index in [1.165, 1.54) is 4.57 Å². The van der Waals surface area contributed by atoms with Gasteiger partial charge in [-0.25, -0.2) is 4.79 Å². The lowest BCUT2D eigenvalue weighted by Gasteiger charge is -2.31. The standard InChI is InChI=1S/C19H23N5O4.2ClH/c25-10-23-16(26)6-5-15(18(23)27)24-14-4-3-13(21-11-8-20-9-11)12-2-1-7-22(17(12)14)19(24)28;;/h3-4,11,15,20-21,25H,1-2,5-10H2;2*1H. The fourth-order valence-electron chi connectivity index (χ4n) is 4.58. The largest absolute Gasteiger partial charge is 0.379 e. The zero-order chi connectivity index (χ0) is 19.4. The molecule has 2 saturated heterocycles. The van der Waals surface area contributed by atoms with Crippen molar-refractivity contribution in [3.63, 3.8) is 0 Å². The van der Waals surface area contributed by atoms with Crippen molar-refractivity contribution in [2.75, 3.05) is 25.1 Å². The smallest absolute Gasteiger partial charge is 0.329 e. The second-order valence-corrected chi connectivity index (χ2v) is 7.72. The number of rotatable bonds is 4. The van der Waals surface area contributed by atoms with Gasteiger partial charge in [-0.1, -0.05) is 0 Å². The quantitative estimate of drug-likeness (QED) is 0.580. The first kappa shape index (κ1) is 22.6. The molecule has 11 heteroatoms. The number of anilines is 1. The summed E-state index contributed by atoms with van der Waals surface area (Å²) in [5.74, 6) is -0.908. The summed E-state index contributed by atoms with van der Waals surface area (Å²) in [5.41, 5.74) is 3.55. The van der Waals surface area contributed by atoms with Crippen molar-refractivity contribution in [2.24, 2.45) is 0 Å². The monoisotopic (exact) mass is 457 g/mol. The maximum atomic E-state index is 13.2. The van der Waals surface area contributed by atoms with Gasteiger partial charge in [0.05, 0.1) is 17.1 Å². The Hall–Kier alpha value is -2.07. The summed E-state index contributed by atoms with van der Waals surface area (Å²) in [6, 6.07) is 3.51. The fraction of sp³-hybridized carbons (Fsp3) is 0.526. The number of nitrogens with zero attached hydrogens (tertiary/aromatic N) is 3. The number of hydrogen-bond donors (Lipinski definition) is 3. The van der Waals surface area contributed by atoms with Gasteiger partial charge in [0.1, 0.15) is 12.8 Å². The van der Waals surface area contributed by atoms with Crippen LogP contribution in [-0.4, -0.2) is 56.8 Å². The summed E-state index contributed by atoms with van der Waals surface area (Å²) < 4.78 is 3.28. The number of aryl methyl sites for hydroxylation is 2. The number of aliphatic hydroxyl groups excluding tert-OH is 1. The molecule has 0 bridgehead atoms. The van der Waals surface area contributed by atoms with Crippen molar-refractivity contribution in [2.45, 2.75) is 44.3 Å². The highest BCUT2D eigenvalue weighted by atomic mass is 35.5. The molecule has 4 heterocycles. The van der Waals surface area contributed by atoms with E-state index in [1.807, 2.05) is 12.1 Å². The van der Waals surface area contributed by atoms with E-state index in [4.69, 9.17) is 0 Å². The molecule has 2 aromatic rings. The molecular formula is C19H25Cl2N5O4. The second kappa shape index (κ2) is 8.58. The molecule has 1 aromatic heterocycles. The van der Waals surface area contributed by atoms with Crippen molar-refractivity contribution >= 4 is 53.3 Å². The van der Waals surface area contributed by atoms with Crippen molar-refractivity contribution in [1.82, 2.24) is 19.4 Å². The molecule has 9 nitrogen and oxygen atoms in total. The van der Waals surface area contributed by atoms with Crippen molar-refractivity contribution in [3.8, 4) is 0 Å². The Morgan fingerprint density at radius 2 is 1.90 bits per heavy atom. The van der Waals surface area contributed by atoms with Gasteiger partial charge in [-0.05, 0) is 31.4 Å². The van der Waals surface area contributed by atoms with Crippen LogP contribution < -0.4 is 16.3 Å². The molecule has 2 fully saturated rings. The summed E-state index contributed by atoms with van der Waals surface area (Å²) in [6.45, 7) is 1.81. The highest BCUT2D eigenvalue weighted by molar-refractivity contribution is 6.00. The van der Waals surface area contributed by atoms with Crippen LogP contribution in [0.3, 0.4) is 0 Å². The molecule has 1 aromatic carbocycles. The fourth-order valence-corrected chi connectivity index (χ4v) is 4.58. The van der Waals surface area contributed by atoms with Gasteiger partial charge in [0.15, 0.2) is 0 Å². The minimum absolute atomic E-state index is 0. The number of nitrogens with one attached hydrogen (secondary N) is 2. The van der Waals surface area contributed by atoms with E-state index >= 15 is 0 Å². The second-order valence-electron chi connectivity index (χ2n) is 7.72. The average Bonchev–Trinajstić information content (AvgIpc) is 2.94. The lowest BCUT2D eigenvalue weighted by molar-refractivity contribution is -0.155. The Balaban J connectivity index is 0.00000128. The molecule has 1 atom stereocenters. The van der Waals surface area contributed by atoms with Gasteiger partial charge < -0.3 is 15.7 Å². The van der Waals surface area contributed by atoms with E-state index in [-0.39, 0.29) is 43.3 Å². The lowest BCUT2D eigenvalue weighted by Crippen LogP contribution is -2.51. The minimum atomic E-state index is -0.762. The Bertz CT molecular complexity index is 1050. The van der Waals surface area contributed by atoms with Gasteiger partial charge in [-0.15, -0.1) is 24.8 Å². The topological polar surface area (TPSA) is 109 Å². The van der Waals surface area contributed by atoms with E-state index in [9.17, 15) is 19.5 Å². The van der Waals surface area contributed by atoms with Crippen molar-refractivity contribution in [1.29, 1.82) is 0 Å². The normalized spacial score (nSPS) is 21.1. The first-order valence-electron chi connectivity index (χ1n) is 9.79. The molecule has 0 spiro atoms. The molecule has 164 valence electrons. The molecule has 0 saturated carbocycles. The molecule has 3 aliphatic heterocycles. The summed E-state index contributed by atoms with van der Waals surface area (Å²) >= 11 is 0. The minimum Gasteiger partial charge on any atom is -0.379 e. The van der Waals surface area contributed by atoms with Crippen LogP contribution in [0.1, 0.15) is 30.9 Å². The van der Waals surface area contributed by atoms with Crippen LogP contribution in [0.25, 0.3) is 11.0 Å². The molecule has 0 aliphatic carbocycles. The Labute approximate surface area is 185 Å². The zero-order valence-corrected chi connectivity index (χ0v) is 17.9. The number of carbonyl (C=O) groups is 2. The summed E-state index contributed by atoms with van der Waals surface area (Å²) in [7, 11) is 0. The van der Waals surface area contributed by atoms with Gasteiger partial charge in [0, 0.05) is 37.3 Å². The number of aromatic nitrogens is 2. The van der Waals surface area contributed by atoms with Crippen LogP contribution >= 0.6 is 24.8 Å². The third-order valence-corrected chi connectivity index (χ3v) is 6.11. The number of carbonyl (C=O) groups excluding carboxylic acids is 2. The van der Waals surface area contributed by atoms with Gasteiger partial charge >= 0.3 is 5.69 Å². The Morgan fingerprint density at radius 1 is 1.13 bits per heavy atom. The zero-order valence-electron chi connectivity index (χ0n) is 16.3. The van der Waals surface area contributed by atoms with E-state index in [2.05, 4.69) is 10.6 Å². The van der Waals surface area contributed by atoms with Crippen LogP contribution in [0.4, 0.5) is 5.69 Å². The van der Waals surface area contributed by atoms with Crippen LogP contribution in [0.2, 0.25) is 0 Å². The highest BCUT2D eigenvalue weighted by Gasteiger charge is 2.38. The SMILES string of the molecule is Cl.Cl.O=C1CCC(n2c(=O)n3c4c(c(NC5CNC5)ccc42)CCC3)C(=O)N1CO. The number of imidazole rings is 1. The molecule has 30 heavy (non-hydrogen) atoms. The number of likely N-dealkylation sites (tertiary alicyclic amines) is 1. The van der Waals surface area contributed by atoms with Gasteiger partial charge in [0.2, 0.25) is 5.91 Å². The molecular weight excluding hydrogens is 433 g/mol. The number of imide groups is 1. The highest BCUT2D eigenvalue weighted by Crippen LogP contribution is 2.34. The Morgan fingerprint density at radius 3 is 2.57 bits per heavy atom. The van der Waals surface area contributed by atoms with Gasteiger partial charge in [-0.3, -0.25) is 23.6 Å². The maximum Gasteiger partial charge on any atom is 0.329 e. The first-order valence-corrected chi connectivity index (χ1v) is 9.79. The number of aliphatic hydroxyl groups is 1. The van der Waals surface area contributed by atoms with Crippen LogP contribution in [0.5, 0.6) is 0 Å². The maximum absolute atomic E-state index is 13.2. The van der Waals surface area contributed by atoms with E-state index in [0.29, 0.717) is 12.6 Å². The first-order chi connectivity index (χ1) is 13.6. The number of hydrogen-bond acceptors (Lipinski definition) is 6. The molecule has 3 N–H and O–H groups in total. The third kappa shape index (κ3) is 3.30. The van der Waals surface area contributed by atoms with Crippen LogP contribution in [0.15, 0.2) is 16.9 Å². The Kier molecular flexibility index (Phi) is 6.47. The molecule has 5 rings (SSSR count). The van der Waals surface area contributed by atoms with Crippen LogP contribution in [0, 0.1) is 0 Å². The van der Waals surface area contributed by atoms with Crippen molar-refractivity contribution in [3.05, 3.63) is 28.2 Å². The predicted octanol–water partition coefficient (Wildman–Crippen LogP) is 0.616. The van der Waals surface area contributed by atoms with Gasteiger partial charge in [-0.2, -0.15) is 0 Å². The summed E-state index contributed by atoms with van der Waals surface area (Å²) in [4.78, 5) is 38.7. The number of amides is 2. The third-order valence-electron chi connectivity index (χ3n) is 6.11. The van der Waals surface area contributed by atoms with Crippen LogP contribution in [-0.2, 0) is 22.6 Å². The molecule has 0 radical (unpaired) electrons. The van der Waals surface area contributed by atoms with Gasteiger partial charge in [0.25, 0.3) is 5.91 Å². The number of benzene rings is 1. The number of piperidine rings is 1. The molecule has 2 amide bonds. The lowest BCUT2D eigenvalue weighted by atomic mass is 10.00. The van der Waals surface area contributed by atoms with Crippen molar-refractivity contribution < 1.29 is 14.7 Å². The summed E-state index contributed by atoms with van der Waals surface area (Å²) in [6.07, 6.45) is 2.16.